The molecule has 1 unspecified atom stereocenters. The Bertz CT molecular complexity index is 939. The molecule has 31 heavy (non-hydrogen) atoms. The van der Waals surface area contributed by atoms with Crippen molar-refractivity contribution in [3.05, 3.63) is 91.0 Å². The first-order valence-electron chi connectivity index (χ1n) is 10.8. The molecule has 0 N–H and O–H groups in total. The van der Waals surface area contributed by atoms with E-state index < -0.39 is 16.5 Å². The summed E-state index contributed by atoms with van der Waals surface area (Å²) in [6, 6.07) is 29.6. The monoisotopic (exact) mass is 472 g/mol. The maximum atomic E-state index is 13.9. The second-order valence-electron chi connectivity index (χ2n) is 8.13. The summed E-state index contributed by atoms with van der Waals surface area (Å²) in [5.74, 6) is -4.48. The molecule has 1 saturated carbocycles. The Morgan fingerprint density at radius 1 is 0.871 bits per heavy atom. The number of alkyl halides is 1. The number of halogens is 2. The third kappa shape index (κ3) is 3.41. The molecule has 4 rings (SSSR count). The normalized spacial score (nSPS) is 17.2. The minimum absolute atomic E-state index is 0.0599. The molecule has 1 aliphatic rings. The number of carbonyl (C=O) groups is 1. The third-order valence-electron chi connectivity index (χ3n) is 6.08. The molecule has 162 valence electrons. The second kappa shape index (κ2) is 8.58. The fraction of sp³-hybridized carbons (Fsp3) is 0.269. The van der Waals surface area contributed by atoms with Gasteiger partial charge in [0.2, 0.25) is 0 Å². The van der Waals surface area contributed by atoms with Gasteiger partial charge in [-0.1, -0.05) is 0 Å². The van der Waals surface area contributed by atoms with Crippen LogP contribution in [0.25, 0.3) is 0 Å². The molecule has 3 aromatic carbocycles. The van der Waals surface area contributed by atoms with Crippen LogP contribution in [0, 0.1) is 0 Å². The Hall–Kier alpha value is -1.86. The van der Waals surface area contributed by atoms with Crippen molar-refractivity contribution in [2.75, 3.05) is 0 Å². The van der Waals surface area contributed by atoms with Crippen LogP contribution in [0.4, 0.5) is 0 Å². The van der Waals surface area contributed by atoms with Gasteiger partial charge >= 0.3 is 195 Å². The quantitative estimate of drug-likeness (QED) is 0.224. The van der Waals surface area contributed by atoms with Crippen LogP contribution in [0.15, 0.2) is 91.0 Å². The van der Waals surface area contributed by atoms with Crippen LogP contribution in [0.3, 0.4) is 0 Å². The molecular formula is C26H27Cl2O2P. The van der Waals surface area contributed by atoms with Crippen molar-refractivity contribution in [1.29, 1.82) is 0 Å². The maximum absolute atomic E-state index is 13.9. The summed E-state index contributed by atoms with van der Waals surface area (Å²) >= 11 is 15.7. The molecule has 5 heteroatoms. The van der Waals surface area contributed by atoms with Crippen LogP contribution in [0.2, 0.25) is 0 Å². The predicted molar refractivity (Wildman–Crippen MR) is 134 cm³/mol. The van der Waals surface area contributed by atoms with Crippen LogP contribution >= 0.6 is 28.8 Å². The van der Waals surface area contributed by atoms with Crippen molar-refractivity contribution in [3.63, 3.8) is 0 Å². The summed E-state index contributed by atoms with van der Waals surface area (Å²) in [5, 5.41) is 2.59. The molecule has 0 bridgehead atoms. The zero-order valence-electron chi connectivity index (χ0n) is 17.6. The van der Waals surface area contributed by atoms with Crippen LogP contribution in [-0.4, -0.2) is 16.7 Å². The minimum atomic E-state index is -4.07. The number of rotatable bonds is 8. The van der Waals surface area contributed by atoms with Crippen molar-refractivity contribution in [2.24, 2.45) is 0 Å². The van der Waals surface area contributed by atoms with Gasteiger partial charge < -0.3 is 0 Å². The van der Waals surface area contributed by atoms with Crippen molar-refractivity contribution < 1.29 is 9.53 Å². The molecule has 0 amide bonds. The molecule has 1 fully saturated rings. The zero-order valence-corrected chi connectivity index (χ0v) is 20.0. The molecular weight excluding hydrogens is 446 g/mol. The third-order valence-corrected chi connectivity index (χ3v) is 15.9. The zero-order chi connectivity index (χ0) is 22.0. The van der Waals surface area contributed by atoms with Crippen molar-refractivity contribution in [3.8, 4) is 0 Å². The van der Waals surface area contributed by atoms with Crippen LogP contribution in [0.5, 0.6) is 0 Å². The van der Waals surface area contributed by atoms with Crippen molar-refractivity contribution >= 4 is 50.7 Å². The summed E-state index contributed by atoms with van der Waals surface area (Å²) in [4.78, 5) is 13.9. The van der Waals surface area contributed by atoms with E-state index in [-0.39, 0.29) is 6.10 Å². The van der Waals surface area contributed by atoms with Gasteiger partial charge in [0.15, 0.2) is 0 Å². The average Bonchev–Trinajstić information content (AvgIpc) is 3.64. The summed E-state index contributed by atoms with van der Waals surface area (Å²) in [5.41, 5.74) is 0. The molecule has 0 aromatic heterocycles. The molecule has 0 heterocycles. The molecule has 2 nitrogen and oxygen atoms in total. The SMILES string of the molecule is CCCC(Cl)(C(=O)OC1CC1)P(Cl)(c1ccccc1)(c1ccccc1)c1ccccc1. The van der Waals surface area contributed by atoms with E-state index in [0.29, 0.717) is 12.8 Å². The van der Waals surface area contributed by atoms with Gasteiger partial charge in [0.1, 0.15) is 0 Å². The Balaban J connectivity index is 2.15. The van der Waals surface area contributed by atoms with E-state index in [1.165, 1.54) is 0 Å². The van der Waals surface area contributed by atoms with E-state index in [1.807, 2.05) is 97.9 Å². The molecule has 1 aliphatic carbocycles. The standard InChI is InChI=1S/C26H27Cl2O2P/c1-2-20-26(27,25(29)30-21-18-19-21)31(28,22-12-6-3-7-13-22,23-14-8-4-9-15-23)24-16-10-5-11-17-24/h3-17,21H,2,18-20H2,1H3. The summed E-state index contributed by atoms with van der Waals surface area (Å²) in [7, 11) is 0. The van der Waals surface area contributed by atoms with Gasteiger partial charge in [0.05, 0.1) is 0 Å². The fourth-order valence-corrected chi connectivity index (χ4v) is 12.4. The van der Waals surface area contributed by atoms with Gasteiger partial charge in [-0.15, -0.1) is 0 Å². The van der Waals surface area contributed by atoms with E-state index in [1.54, 1.807) is 0 Å². The summed E-state index contributed by atoms with van der Waals surface area (Å²) < 4.78 is 4.44. The first kappa shape index (κ1) is 22.3. The first-order chi connectivity index (χ1) is 15.0. The Morgan fingerprint density at radius 2 is 1.26 bits per heavy atom. The Labute approximate surface area is 194 Å². The van der Waals surface area contributed by atoms with Gasteiger partial charge in [-0.05, 0) is 0 Å². The summed E-state index contributed by atoms with van der Waals surface area (Å²) in [6.07, 6.45) is 2.80. The Kier molecular flexibility index (Phi) is 6.19. The van der Waals surface area contributed by atoms with Crippen LogP contribution < -0.4 is 15.9 Å². The second-order valence-corrected chi connectivity index (χ2v) is 15.4. The number of benzene rings is 3. The number of ether oxygens (including phenoxy) is 1. The van der Waals surface area contributed by atoms with Crippen molar-refractivity contribution in [2.45, 2.75) is 43.3 Å². The van der Waals surface area contributed by atoms with Gasteiger partial charge in [-0.2, -0.15) is 0 Å². The van der Waals surface area contributed by atoms with Crippen LogP contribution in [-0.2, 0) is 9.53 Å². The fourth-order valence-electron chi connectivity index (χ4n) is 4.43. The topological polar surface area (TPSA) is 26.3 Å². The van der Waals surface area contributed by atoms with E-state index >= 15 is 0 Å². The number of esters is 1. The molecule has 3 aromatic rings. The predicted octanol–water partition coefficient (Wildman–Crippen LogP) is 6.11. The average molecular weight is 473 g/mol. The number of carbonyl (C=O) groups excluding carboxylic acids is 1. The van der Waals surface area contributed by atoms with E-state index in [9.17, 15) is 4.79 Å². The Morgan fingerprint density at radius 3 is 1.58 bits per heavy atom. The number of hydrogen-bond acceptors (Lipinski definition) is 2. The van der Waals surface area contributed by atoms with Crippen molar-refractivity contribution in [1.82, 2.24) is 0 Å². The van der Waals surface area contributed by atoms with Gasteiger partial charge in [-0.25, -0.2) is 0 Å². The molecule has 0 saturated heterocycles. The number of hydrogen-bond donors (Lipinski definition) is 0. The first-order valence-corrected chi connectivity index (χ1v) is 14.3. The molecule has 0 spiro atoms. The van der Waals surface area contributed by atoms with E-state index in [0.717, 1.165) is 28.8 Å². The van der Waals surface area contributed by atoms with Gasteiger partial charge in [0.25, 0.3) is 0 Å². The van der Waals surface area contributed by atoms with Crippen LogP contribution in [0.1, 0.15) is 32.6 Å². The molecule has 1 atom stereocenters. The molecule has 0 radical (unpaired) electrons. The summed E-state index contributed by atoms with van der Waals surface area (Å²) in [6.45, 7) is 2.03. The van der Waals surface area contributed by atoms with E-state index in [4.69, 9.17) is 27.6 Å². The molecule has 0 aliphatic heterocycles. The van der Waals surface area contributed by atoms with Gasteiger partial charge in [0, 0.05) is 0 Å². The van der Waals surface area contributed by atoms with E-state index in [2.05, 4.69) is 0 Å². The van der Waals surface area contributed by atoms with Gasteiger partial charge in [-0.3, -0.25) is 0 Å².